The van der Waals surface area contributed by atoms with Crippen molar-refractivity contribution in [2.45, 2.75) is 235 Å². The van der Waals surface area contributed by atoms with Gasteiger partial charge < -0.3 is 61.9 Å². The van der Waals surface area contributed by atoms with Crippen molar-refractivity contribution in [3.8, 4) is 0 Å². The molecule has 0 aromatic rings. The lowest BCUT2D eigenvalue weighted by Crippen LogP contribution is -2.64. The lowest BCUT2D eigenvalue weighted by atomic mass is 9.44. The summed E-state index contributed by atoms with van der Waals surface area (Å²) < 4.78 is 0. The van der Waals surface area contributed by atoms with E-state index < -0.39 is 33.6 Å². The standard InChI is InChI=1S/6C10H17NO2/c6*1-9(2)6-4-7(9)10(3,12)8(5-6)11-13/h6*6-7,12-13H,4-5H2,1-3H3/b6*11-8+/t6*6-,7-,10-/m111111/s1. The predicted molar refractivity (Wildman–Crippen MR) is 299 cm³/mol. The SMILES string of the molecule is CC1(C)[C@H]2C/C(=N\O)[C@](C)(O)[C@@H]1C2.CC1(C)[C@H]2C/C(=N\O)[C@](C)(O)[C@@H]1C2.CC1(C)[C@H]2C/C(=N\O)[C@](C)(O)[C@@H]1C2.CC1(C)[C@H]2C/C(=N\O)[C@](C)(O)[C@@H]1C2.CC1(C)[C@H]2C/C(=N\O)[C@](C)(O)[C@@H]1C2.CC1(C)[C@H]2C/C(=N\O)[C@](C)(O)[C@@H]1C2. The third-order valence-electron chi connectivity index (χ3n) is 25.8. The molecule has 18 rings (SSSR count). The van der Waals surface area contributed by atoms with E-state index in [4.69, 9.17) is 31.2 Å². The van der Waals surface area contributed by atoms with Gasteiger partial charge in [-0.2, -0.15) is 0 Å². The van der Waals surface area contributed by atoms with Crippen molar-refractivity contribution in [1.82, 2.24) is 0 Å². The molecule has 0 radical (unpaired) electrons. The van der Waals surface area contributed by atoms with Crippen LogP contribution in [-0.2, 0) is 0 Å². The van der Waals surface area contributed by atoms with Crippen LogP contribution in [-0.4, -0.2) is 130 Å². The number of fused-ring (bicyclic) bond motifs is 12. The first-order valence-electron chi connectivity index (χ1n) is 29.0. The Morgan fingerprint density at radius 2 is 0.333 bits per heavy atom. The highest BCUT2D eigenvalue weighted by Crippen LogP contribution is 2.66. The van der Waals surface area contributed by atoms with Crippen molar-refractivity contribution in [3.63, 3.8) is 0 Å². The zero-order valence-corrected chi connectivity index (χ0v) is 50.5. The van der Waals surface area contributed by atoms with Crippen LogP contribution in [0, 0.1) is 104 Å². The summed E-state index contributed by atoms with van der Waals surface area (Å²) in [6.45, 7) is 36.9. The van der Waals surface area contributed by atoms with Crippen molar-refractivity contribution in [1.29, 1.82) is 0 Å². The molecule has 0 aromatic carbocycles. The van der Waals surface area contributed by atoms with Gasteiger partial charge in [0.05, 0.1) is 34.3 Å². The summed E-state index contributed by atoms with van der Waals surface area (Å²) >= 11 is 0. The number of oxime groups is 6. The molecule has 0 spiro atoms. The summed E-state index contributed by atoms with van der Waals surface area (Å²) in [5, 5.41) is 133. The monoisotopic (exact) mass is 1100 g/mol. The minimum Gasteiger partial charge on any atom is -0.411 e. The molecule has 18 heteroatoms. The molecule has 18 saturated carbocycles. The van der Waals surface area contributed by atoms with Crippen LogP contribution in [0.2, 0.25) is 0 Å². The van der Waals surface area contributed by atoms with Gasteiger partial charge >= 0.3 is 0 Å². The Balaban J connectivity index is 0.000000136. The van der Waals surface area contributed by atoms with Crippen LogP contribution in [0.3, 0.4) is 0 Å². The maximum Gasteiger partial charge on any atom is 0.106 e. The van der Waals surface area contributed by atoms with Gasteiger partial charge in [0.15, 0.2) is 0 Å². The van der Waals surface area contributed by atoms with Gasteiger partial charge in [-0.05, 0) is 222 Å². The average Bonchev–Trinajstić information content (AvgIpc) is 3.32. The highest BCUT2D eigenvalue weighted by molar-refractivity contribution is 5.97. The van der Waals surface area contributed by atoms with Crippen LogP contribution in [0.15, 0.2) is 30.9 Å². The van der Waals surface area contributed by atoms with Crippen LogP contribution in [0.1, 0.15) is 202 Å². The zero-order valence-electron chi connectivity index (χ0n) is 50.5. The molecule has 0 amide bonds. The Bertz CT molecular complexity index is 2040. The summed E-state index contributed by atoms with van der Waals surface area (Å²) in [5.41, 5.74) is -0.761. The van der Waals surface area contributed by atoms with E-state index in [0.29, 0.717) is 69.8 Å². The number of rotatable bonds is 0. The second-order valence-electron chi connectivity index (χ2n) is 31.2. The van der Waals surface area contributed by atoms with E-state index >= 15 is 0 Å². The summed E-state index contributed by atoms with van der Waals surface area (Å²) in [6, 6.07) is 0. The second kappa shape index (κ2) is 19.6. The van der Waals surface area contributed by atoms with Crippen molar-refractivity contribution in [2.75, 3.05) is 0 Å². The minimum atomic E-state index is -0.896. The Morgan fingerprint density at radius 1 is 0.231 bits per heavy atom. The van der Waals surface area contributed by atoms with Gasteiger partial charge in [-0.25, -0.2) is 0 Å². The molecule has 0 heterocycles. The summed E-state index contributed by atoms with van der Waals surface area (Å²) in [4.78, 5) is 0. The van der Waals surface area contributed by atoms with E-state index in [1.165, 1.54) is 0 Å². The molecule has 18 nitrogen and oxygen atoms in total. The van der Waals surface area contributed by atoms with Gasteiger partial charge in [0.1, 0.15) is 33.6 Å². The Hall–Kier alpha value is -3.42. The maximum absolute atomic E-state index is 10.2. The van der Waals surface area contributed by atoms with Gasteiger partial charge in [-0.3, -0.25) is 0 Å². The van der Waals surface area contributed by atoms with Crippen LogP contribution in [0.25, 0.3) is 0 Å². The Labute approximate surface area is 464 Å². The van der Waals surface area contributed by atoms with Crippen molar-refractivity contribution < 1.29 is 61.9 Å². The Morgan fingerprint density at radius 3 is 0.397 bits per heavy atom. The third kappa shape index (κ3) is 9.24. The molecule has 444 valence electrons. The van der Waals surface area contributed by atoms with E-state index in [1.807, 2.05) is 0 Å². The van der Waals surface area contributed by atoms with Gasteiger partial charge in [-0.15, -0.1) is 0 Å². The van der Waals surface area contributed by atoms with Gasteiger partial charge in [0.25, 0.3) is 0 Å². The fourth-order valence-corrected chi connectivity index (χ4v) is 18.6. The lowest BCUT2D eigenvalue weighted by Gasteiger charge is -2.62. The molecular weight excluding hydrogens is 997 g/mol. The maximum atomic E-state index is 10.2. The second-order valence-corrected chi connectivity index (χ2v) is 31.2. The molecule has 12 N–H and O–H groups in total. The van der Waals surface area contributed by atoms with E-state index in [2.05, 4.69) is 114 Å². The number of hydrogen-bond acceptors (Lipinski definition) is 18. The smallest absolute Gasteiger partial charge is 0.106 e. The van der Waals surface area contributed by atoms with Crippen LogP contribution >= 0.6 is 0 Å². The topological polar surface area (TPSA) is 317 Å². The van der Waals surface area contributed by atoms with Gasteiger partial charge in [0, 0.05) is 0 Å². The Kier molecular flexibility index (Phi) is 15.6. The molecule has 18 fully saturated rings. The van der Waals surface area contributed by atoms with Crippen LogP contribution in [0.4, 0.5) is 0 Å². The minimum absolute atomic E-state index is 0.206. The van der Waals surface area contributed by atoms with Gasteiger partial charge in [0.2, 0.25) is 0 Å². The largest absolute Gasteiger partial charge is 0.411 e. The molecule has 18 atom stereocenters. The fourth-order valence-electron chi connectivity index (χ4n) is 18.6. The molecule has 0 unspecified atom stereocenters. The quantitative estimate of drug-likeness (QED) is 0.0797. The highest BCUT2D eigenvalue weighted by Gasteiger charge is 2.67. The summed E-state index contributed by atoms with van der Waals surface area (Å²) in [6.07, 6.45) is 10.9. The van der Waals surface area contributed by atoms with E-state index in [1.54, 1.807) is 41.5 Å². The van der Waals surface area contributed by atoms with Crippen molar-refractivity contribution >= 4 is 34.3 Å². The van der Waals surface area contributed by atoms with Crippen LogP contribution in [0.5, 0.6) is 0 Å². The lowest BCUT2D eigenvalue weighted by molar-refractivity contribution is -0.135. The van der Waals surface area contributed by atoms with Crippen LogP contribution < -0.4 is 0 Å². The number of hydrogen-bond donors (Lipinski definition) is 12. The van der Waals surface area contributed by atoms with E-state index in [-0.39, 0.29) is 68.0 Å². The molecular formula is C60H102N6O12. The van der Waals surface area contributed by atoms with Crippen molar-refractivity contribution in [2.24, 2.45) is 134 Å². The molecule has 0 aromatic heterocycles. The van der Waals surface area contributed by atoms with E-state index in [0.717, 1.165) is 77.0 Å². The normalized spacial score (nSPS) is 50.3. The zero-order chi connectivity index (χ0) is 59.1. The fraction of sp³-hybridized carbons (Fsp3) is 0.900. The average molecular weight is 1100 g/mol. The van der Waals surface area contributed by atoms with Gasteiger partial charge in [-0.1, -0.05) is 114 Å². The summed E-state index contributed by atoms with van der Waals surface area (Å²) in [7, 11) is 0. The van der Waals surface area contributed by atoms with Crippen molar-refractivity contribution in [3.05, 3.63) is 0 Å². The first kappa shape index (κ1) is 62.2. The molecule has 0 aliphatic heterocycles. The molecule has 18 aliphatic carbocycles. The molecule has 0 saturated heterocycles. The predicted octanol–water partition coefficient (Wildman–Crippen LogP) is 9.80. The number of nitrogens with zero attached hydrogens (tertiary/aromatic N) is 6. The number of aliphatic hydroxyl groups is 6. The summed E-state index contributed by atoms with van der Waals surface area (Å²) in [5.74, 6) is 5.05. The molecule has 12 bridgehead atoms. The first-order valence-corrected chi connectivity index (χ1v) is 29.0. The highest BCUT2D eigenvalue weighted by atomic mass is 16.5. The van der Waals surface area contributed by atoms with E-state index in [9.17, 15) is 30.6 Å². The first-order chi connectivity index (χ1) is 35.4. The molecule has 18 aliphatic rings. The molecule has 78 heavy (non-hydrogen) atoms. The third-order valence-corrected chi connectivity index (χ3v) is 25.8.